The standard InChI is InChI=1S/C32H26N.C9H16O2.Pt/c1-23(2)30-17-16-26(32-15-9-10-18-33-32)22-31(30)29-20-27(24-11-5-3-6-12-24)19-28(21-29)25-13-7-4-8-14-25;1-6(2)8(10)5-9(11)7(3)4;/h3-15,17-23H,1-2H3;5-7,10H,1-4H3;/q-1;;/b;8-5-;. The maximum absolute atomic E-state index is 11.0. The Morgan fingerprint density at radius 3 is 1.69 bits per heavy atom. The molecule has 4 aromatic carbocycles. The van der Waals surface area contributed by atoms with Gasteiger partial charge in [-0.15, -0.1) is 29.3 Å². The number of benzene rings is 4. The topological polar surface area (TPSA) is 50.2 Å². The third-order valence-corrected chi connectivity index (χ3v) is 7.45. The number of carbonyl (C=O) groups is 1. The van der Waals surface area contributed by atoms with Crippen molar-refractivity contribution < 1.29 is 31.0 Å². The Balaban J connectivity index is 0.000000397. The van der Waals surface area contributed by atoms with Gasteiger partial charge in [0, 0.05) is 45.2 Å². The molecule has 0 bridgehead atoms. The molecule has 0 fully saturated rings. The van der Waals surface area contributed by atoms with Crippen molar-refractivity contribution in [1.82, 2.24) is 4.98 Å². The molecule has 0 aliphatic rings. The first-order chi connectivity index (χ1) is 21.1. The Kier molecular flexibility index (Phi) is 13.3. The molecule has 234 valence electrons. The van der Waals surface area contributed by atoms with Crippen LogP contribution in [0.3, 0.4) is 0 Å². The smallest absolute Gasteiger partial charge is 0.161 e. The first-order valence-electron chi connectivity index (χ1n) is 15.3. The first-order valence-corrected chi connectivity index (χ1v) is 15.3. The third kappa shape index (κ3) is 9.71. The Morgan fingerprint density at radius 1 is 0.689 bits per heavy atom. The number of aromatic nitrogens is 1. The second kappa shape index (κ2) is 16.8. The zero-order chi connectivity index (χ0) is 31.6. The van der Waals surface area contributed by atoms with Crippen LogP contribution in [0.15, 0.2) is 127 Å². The number of ketones is 1. The minimum absolute atomic E-state index is 0. The first kappa shape index (κ1) is 35.4. The monoisotopic (exact) mass is 775 g/mol. The number of aliphatic hydroxyl groups excluding tert-OH is 1. The fourth-order valence-electron chi connectivity index (χ4n) is 4.76. The van der Waals surface area contributed by atoms with E-state index in [0.29, 0.717) is 5.92 Å². The van der Waals surface area contributed by atoms with Crippen LogP contribution in [0.1, 0.15) is 53.0 Å². The maximum atomic E-state index is 11.0. The molecule has 0 aliphatic carbocycles. The predicted molar refractivity (Wildman–Crippen MR) is 184 cm³/mol. The molecule has 0 saturated carbocycles. The molecule has 0 amide bonds. The van der Waals surface area contributed by atoms with Gasteiger partial charge < -0.3 is 10.1 Å². The van der Waals surface area contributed by atoms with Gasteiger partial charge in [0.05, 0.1) is 5.76 Å². The maximum Gasteiger partial charge on any atom is 0.161 e. The number of hydrogen-bond donors (Lipinski definition) is 1. The average molecular weight is 776 g/mol. The van der Waals surface area contributed by atoms with Crippen LogP contribution < -0.4 is 0 Å². The normalized spacial score (nSPS) is 11.2. The Labute approximate surface area is 283 Å². The van der Waals surface area contributed by atoms with Gasteiger partial charge in [-0.3, -0.25) is 4.79 Å². The number of pyridine rings is 1. The fourth-order valence-corrected chi connectivity index (χ4v) is 4.76. The summed E-state index contributed by atoms with van der Waals surface area (Å²) in [5, 5.41) is 9.19. The molecule has 5 aromatic rings. The van der Waals surface area contributed by atoms with Gasteiger partial charge in [0.2, 0.25) is 0 Å². The van der Waals surface area contributed by atoms with Gasteiger partial charge in [0.15, 0.2) is 5.78 Å². The van der Waals surface area contributed by atoms with Gasteiger partial charge in [-0.2, -0.15) is 0 Å². The third-order valence-electron chi connectivity index (χ3n) is 7.45. The van der Waals surface area contributed by atoms with Gasteiger partial charge >= 0.3 is 0 Å². The van der Waals surface area contributed by atoms with E-state index in [4.69, 9.17) is 0 Å². The summed E-state index contributed by atoms with van der Waals surface area (Å²) in [5.74, 6) is 0.545. The zero-order valence-electron chi connectivity index (χ0n) is 26.9. The van der Waals surface area contributed by atoms with E-state index >= 15 is 0 Å². The summed E-state index contributed by atoms with van der Waals surface area (Å²) in [6, 6.07) is 42.0. The van der Waals surface area contributed by atoms with Crippen molar-refractivity contribution >= 4 is 5.78 Å². The Hall–Kier alpha value is -4.07. The van der Waals surface area contributed by atoms with Gasteiger partial charge in [0.25, 0.3) is 0 Å². The van der Waals surface area contributed by atoms with E-state index in [1.54, 1.807) is 0 Å². The molecule has 1 aromatic heterocycles. The molecule has 45 heavy (non-hydrogen) atoms. The molecule has 3 nitrogen and oxygen atoms in total. The van der Waals surface area contributed by atoms with Crippen LogP contribution in [0.25, 0.3) is 44.6 Å². The van der Waals surface area contributed by atoms with Crippen molar-refractivity contribution in [3.63, 3.8) is 0 Å². The van der Waals surface area contributed by atoms with Gasteiger partial charge in [-0.05, 0) is 57.8 Å². The van der Waals surface area contributed by atoms with Crippen molar-refractivity contribution in [3.05, 3.63) is 139 Å². The van der Waals surface area contributed by atoms with Gasteiger partial charge in [-0.1, -0.05) is 126 Å². The second-order valence-electron chi connectivity index (χ2n) is 11.9. The van der Waals surface area contributed by atoms with E-state index in [-0.39, 0.29) is 44.4 Å². The largest absolute Gasteiger partial charge is 0.512 e. The van der Waals surface area contributed by atoms with Gasteiger partial charge in [0.1, 0.15) is 0 Å². The van der Waals surface area contributed by atoms with E-state index in [1.807, 2.05) is 52.1 Å². The fraction of sp³-hybridized carbons (Fsp3) is 0.220. The number of carbonyl (C=O) groups excluding carboxylic acids is 1. The molecule has 1 N–H and O–H groups in total. The van der Waals surface area contributed by atoms with E-state index in [9.17, 15) is 9.90 Å². The van der Waals surface area contributed by atoms with Crippen molar-refractivity contribution in [2.75, 3.05) is 0 Å². The molecule has 0 saturated heterocycles. The summed E-state index contributed by atoms with van der Waals surface area (Å²) >= 11 is 0. The molecule has 1 heterocycles. The average Bonchev–Trinajstić information content (AvgIpc) is 3.05. The minimum Gasteiger partial charge on any atom is -0.512 e. The quantitative estimate of drug-likeness (QED) is 0.0970. The van der Waals surface area contributed by atoms with Crippen LogP contribution >= 0.6 is 0 Å². The van der Waals surface area contributed by atoms with Crippen LogP contribution in [0.5, 0.6) is 0 Å². The van der Waals surface area contributed by atoms with Crippen LogP contribution in [0, 0.1) is 17.9 Å². The molecule has 0 atom stereocenters. The van der Waals surface area contributed by atoms with Gasteiger partial charge in [-0.25, -0.2) is 0 Å². The van der Waals surface area contributed by atoms with Crippen LogP contribution in [0.2, 0.25) is 0 Å². The number of aliphatic hydroxyl groups is 1. The summed E-state index contributed by atoms with van der Waals surface area (Å²) in [5.41, 5.74) is 10.6. The van der Waals surface area contributed by atoms with Crippen LogP contribution in [0.4, 0.5) is 0 Å². The van der Waals surface area contributed by atoms with Crippen molar-refractivity contribution in [3.8, 4) is 44.6 Å². The zero-order valence-corrected chi connectivity index (χ0v) is 29.2. The molecule has 0 radical (unpaired) electrons. The Bertz CT molecular complexity index is 1630. The molecule has 4 heteroatoms. The Morgan fingerprint density at radius 2 is 1.22 bits per heavy atom. The van der Waals surface area contributed by atoms with Crippen molar-refractivity contribution in [1.29, 1.82) is 0 Å². The summed E-state index contributed by atoms with van der Waals surface area (Å²) in [4.78, 5) is 15.6. The van der Waals surface area contributed by atoms with E-state index in [2.05, 4.69) is 116 Å². The summed E-state index contributed by atoms with van der Waals surface area (Å²) in [6.45, 7) is 11.8. The number of nitrogens with zero attached hydrogens (tertiary/aromatic N) is 1. The van der Waals surface area contributed by atoms with Crippen molar-refractivity contribution in [2.45, 2.75) is 47.5 Å². The summed E-state index contributed by atoms with van der Waals surface area (Å²) in [6.07, 6.45) is 3.15. The van der Waals surface area contributed by atoms with E-state index < -0.39 is 0 Å². The molecular weight excluding hydrogens is 734 g/mol. The SMILES string of the molecule is CC(C)C(=O)/C=C(\O)C(C)C.CC(C)c1c[c-]c(-c2ccccn2)cc1-c1cc(-c2ccccc2)cc(-c2ccccc2)c1.[Pt]. The number of hydrogen-bond acceptors (Lipinski definition) is 3. The van der Waals surface area contributed by atoms with Crippen molar-refractivity contribution in [2.24, 2.45) is 11.8 Å². The summed E-state index contributed by atoms with van der Waals surface area (Å²) < 4.78 is 0. The molecule has 0 unspecified atom stereocenters. The van der Waals surface area contributed by atoms with Crippen LogP contribution in [-0.2, 0) is 25.9 Å². The van der Waals surface area contributed by atoms with E-state index in [0.717, 1.165) is 11.3 Å². The number of allylic oxidation sites excluding steroid dienone is 2. The van der Waals surface area contributed by atoms with E-state index in [1.165, 1.54) is 45.0 Å². The molecule has 0 spiro atoms. The molecule has 5 rings (SSSR count). The molecule has 0 aliphatic heterocycles. The number of rotatable bonds is 8. The molecular formula is C41H42NO2Pt-. The van der Waals surface area contributed by atoms with Crippen LogP contribution in [-0.4, -0.2) is 15.9 Å². The second-order valence-corrected chi connectivity index (χ2v) is 11.9. The predicted octanol–water partition coefficient (Wildman–Crippen LogP) is 11.0. The minimum atomic E-state index is -0.0316. The summed E-state index contributed by atoms with van der Waals surface area (Å²) in [7, 11) is 0.